The van der Waals surface area contributed by atoms with E-state index in [2.05, 4.69) is 92.7 Å². The summed E-state index contributed by atoms with van der Waals surface area (Å²) in [6, 6.07) is 26.4. The van der Waals surface area contributed by atoms with Gasteiger partial charge >= 0.3 is 0 Å². The highest BCUT2D eigenvalue weighted by atomic mass is 14.3. The molecule has 4 rings (SSSR count). The fraction of sp³-hybridized carbons (Fsp3) is 0.200. The third kappa shape index (κ3) is 2.93. The molecule has 0 aromatic heterocycles. The Morgan fingerprint density at radius 2 is 1.44 bits per heavy atom. The molecule has 1 atom stereocenters. The average molecular weight is 324 g/mol. The summed E-state index contributed by atoms with van der Waals surface area (Å²) in [4.78, 5) is 0. The second-order valence-electron chi connectivity index (χ2n) is 6.99. The number of benzene rings is 3. The zero-order valence-electron chi connectivity index (χ0n) is 15.0. The summed E-state index contributed by atoms with van der Waals surface area (Å²) in [5, 5.41) is 0. The number of hydrogen-bond donors (Lipinski definition) is 0. The average Bonchev–Trinajstić information content (AvgIpc) is 3.12. The van der Waals surface area contributed by atoms with Gasteiger partial charge in [-0.15, -0.1) is 0 Å². The molecule has 0 heteroatoms. The van der Waals surface area contributed by atoms with Crippen LogP contribution in [0.25, 0.3) is 22.8 Å². The molecule has 25 heavy (non-hydrogen) atoms. The van der Waals surface area contributed by atoms with E-state index < -0.39 is 0 Å². The van der Waals surface area contributed by atoms with E-state index in [9.17, 15) is 0 Å². The summed E-state index contributed by atoms with van der Waals surface area (Å²) < 4.78 is 0. The molecule has 1 aliphatic carbocycles. The van der Waals surface area contributed by atoms with Crippen molar-refractivity contribution in [2.45, 2.75) is 32.6 Å². The SMILES string of the molecule is CCC(C)c1ccc2c(c1-c1ccccc1)C=C(c1ccccc1)C2. The maximum absolute atomic E-state index is 2.42. The lowest BCUT2D eigenvalue weighted by Gasteiger charge is -2.19. The lowest BCUT2D eigenvalue weighted by Crippen LogP contribution is -1.99. The van der Waals surface area contributed by atoms with Crippen LogP contribution in [-0.2, 0) is 6.42 Å². The van der Waals surface area contributed by atoms with E-state index >= 15 is 0 Å². The Morgan fingerprint density at radius 1 is 0.800 bits per heavy atom. The maximum Gasteiger partial charge on any atom is -0.00134 e. The molecular formula is C25H24. The molecule has 3 aromatic rings. The molecule has 0 nitrogen and oxygen atoms in total. The van der Waals surface area contributed by atoms with Gasteiger partial charge in [0.15, 0.2) is 0 Å². The highest BCUT2D eigenvalue weighted by Gasteiger charge is 2.22. The molecule has 124 valence electrons. The molecule has 0 fully saturated rings. The molecule has 1 aliphatic rings. The van der Waals surface area contributed by atoms with Crippen LogP contribution in [0.3, 0.4) is 0 Å². The number of rotatable bonds is 4. The largest absolute Gasteiger partial charge is 0.0648 e. The normalized spacial score (nSPS) is 14.1. The molecule has 0 N–H and O–H groups in total. The van der Waals surface area contributed by atoms with Crippen molar-refractivity contribution in [1.29, 1.82) is 0 Å². The quantitative estimate of drug-likeness (QED) is 0.486. The maximum atomic E-state index is 2.42. The van der Waals surface area contributed by atoms with Crippen molar-refractivity contribution in [3.63, 3.8) is 0 Å². The topological polar surface area (TPSA) is 0 Å². The summed E-state index contributed by atoms with van der Waals surface area (Å²) in [5.41, 5.74) is 9.86. The van der Waals surface area contributed by atoms with Crippen molar-refractivity contribution >= 4 is 11.6 Å². The number of hydrogen-bond acceptors (Lipinski definition) is 0. The fourth-order valence-electron chi connectivity index (χ4n) is 3.82. The van der Waals surface area contributed by atoms with E-state index in [1.807, 2.05) is 0 Å². The monoisotopic (exact) mass is 324 g/mol. The van der Waals surface area contributed by atoms with Gasteiger partial charge in [-0.05, 0) is 63.8 Å². The molecule has 0 amide bonds. The minimum Gasteiger partial charge on any atom is -0.0648 e. The molecule has 0 radical (unpaired) electrons. The van der Waals surface area contributed by atoms with Gasteiger partial charge in [0.05, 0.1) is 0 Å². The Balaban J connectivity index is 1.90. The van der Waals surface area contributed by atoms with E-state index in [0.29, 0.717) is 5.92 Å². The standard InChI is InChI=1S/C25H24/c1-3-18(2)23-15-14-21-16-22(19-10-6-4-7-11-19)17-24(21)25(23)20-12-8-5-9-13-20/h4-15,17-18H,3,16H2,1-2H3. The summed E-state index contributed by atoms with van der Waals surface area (Å²) >= 11 is 0. The Labute approximate surface area is 150 Å². The predicted octanol–water partition coefficient (Wildman–Crippen LogP) is 6.96. The Hall–Kier alpha value is -2.60. The molecule has 3 aromatic carbocycles. The van der Waals surface area contributed by atoms with Crippen molar-refractivity contribution in [2.75, 3.05) is 0 Å². The minimum atomic E-state index is 0.565. The first-order valence-electron chi connectivity index (χ1n) is 9.25. The van der Waals surface area contributed by atoms with Gasteiger partial charge in [0.1, 0.15) is 0 Å². The first-order valence-corrected chi connectivity index (χ1v) is 9.25. The molecule has 0 aliphatic heterocycles. The second kappa shape index (κ2) is 6.72. The van der Waals surface area contributed by atoms with Crippen LogP contribution in [0.1, 0.15) is 48.4 Å². The Kier molecular flexibility index (Phi) is 4.28. The lowest BCUT2D eigenvalue weighted by atomic mass is 9.85. The van der Waals surface area contributed by atoms with Gasteiger partial charge in [0.2, 0.25) is 0 Å². The zero-order valence-corrected chi connectivity index (χ0v) is 15.0. The van der Waals surface area contributed by atoms with Gasteiger partial charge in [-0.25, -0.2) is 0 Å². The number of allylic oxidation sites excluding steroid dienone is 1. The Morgan fingerprint density at radius 3 is 2.08 bits per heavy atom. The van der Waals surface area contributed by atoms with E-state index in [1.165, 1.54) is 39.0 Å². The number of fused-ring (bicyclic) bond motifs is 1. The minimum absolute atomic E-state index is 0.565. The predicted molar refractivity (Wildman–Crippen MR) is 109 cm³/mol. The molecule has 0 spiro atoms. The van der Waals surface area contributed by atoms with Crippen molar-refractivity contribution in [2.24, 2.45) is 0 Å². The van der Waals surface area contributed by atoms with Gasteiger partial charge in [-0.2, -0.15) is 0 Å². The summed E-state index contributed by atoms with van der Waals surface area (Å²) in [6.45, 7) is 4.61. The summed E-state index contributed by atoms with van der Waals surface area (Å²) in [5.74, 6) is 0.565. The molecule has 0 saturated heterocycles. The summed E-state index contributed by atoms with van der Waals surface area (Å²) in [7, 11) is 0. The zero-order chi connectivity index (χ0) is 17.2. The van der Waals surface area contributed by atoms with E-state index in [1.54, 1.807) is 0 Å². The molecule has 0 bridgehead atoms. The van der Waals surface area contributed by atoms with Crippen LogP contribution in [0.2, 0.25) is 0 Å². The van der Waals surface area contributed by atoms with Crippen molar-refractivity contribution < 1.29 is 0 Å². The van der Waals surface area contributed by atoms with Gasteiger partial charge in [-0.1, -0.05) is 86.6 Å². The van der Waals surface area contributed by atoms with Gasteiger partial charge < -0.3 is 0 Å². The van der Waals surface area contributed by atoms with Gasteiger partial charge in [0, 0.05) is 0 Å². The van der Waals surface area contributed by atoms with E-state index in [-0.39, 0.29) is 0 Å². The van der Waals surface area contributed by atoms with E-state index in [0.717, 1.165) is 12.8 Å². The second-order valence-corrected chi connectivity index (χ2v) is 6.99. The van der Waals surface area contributed by atoms with Crippen LogP contribution in [-0.4, -0.2) is 0 Å². The lowest BCUT2D eigenvalue weighted by molar-refractivity contribution is 0.735. The fourth-order valence-corrected chi connectivity index (χ4v) is 3.82. The Bertz CT molecular complexity index is 902. The molecule has 0 saturated carbocycles. The smallest absolute Gasteiger partial charge is 0.00134 e. The van der Waals surface area contributed by atoms with Gasteiger partial charge in [-0.3, -0.25) is 0 Å². The molecular weight excluding hydrogens is 300 g/mol. The van der Waals surface area contributed by atoms with Crippen LogP contribution < -0.4 is 0 Å². The first kappa shape index (κ1) is 15.9. The van der Waals surface area contributed by atoms with Crippen LogP contribution >= 0.6 is 0 Å². The highest BCUT2D eigenvalue weighted by molar-refractivity contribution is 5.95. The van der Waals surface area contributed by atoms with Crippen LogP contribution in [0.15, 0.2) is 72.8 Å². The summed E-state index contributed by atoms with van der Waals surface area (Å²) in [6.07, 6.45) is 4.60. The highest BCUT2D eigenvalue weighted by Crippen LogP contribution is 2.42. The van der Waals surface area contributed by atoms with E-state index in [4.69, 9.17) is 0 Å². The third-order valence-corrected chi connectivity index (χ3v) is 5.42. The molecule has 0 heterocycles. The van der Waals surface area contributed by atoms with Crippen LogP contribution in [0, 0.1) is 0 Å². The van der Waals surface area contributed by atoms with Gasteiger partial charge in [0.25, 0.3) is 0 Å². The first-order chi connectivity index (χ1) is 12.3. The van der Waals surface area contributed by atoms with Crippen molar-refractivity contribution in [3.05, 3.63) is 95.1 Å². The van der Waals surface area contributed by atoms with Crippen LogP contribution in [0.4, 0.5) is 0 Å². The van der Waals surface area contributed by atoms with Crippen molar-refractivity contribution in [3.8, 4) is 11.1 Å². The molecule has 1 unspecified atom stereocenters. The third-order valence-electron chi connectivity index (χ3n) is 5.42. The van der Waals surface area contributed by atoms with Crippen LogP contribution in [0.5, 0.6) is 0 Å². The van der Waals surface area contributed by atoms with Crippen molar-refractivity contribution in [1.82, 2.24) is 0 Å².